The summed E-state index contributed by atoms with van der Waals surface area (Å²) in [7, 11) is -1.94. The molecule has 3 aromatic carbocycles. The highest BCUT2D eigenvalue weighted by Crippen LogP contribution is 2.43. The monoisotopic (exact) mass is 416 g/mol. The molecule has 0 aliphatic heterocycles. The van der Waals surface area contributed by atoms with Crippen molar-refractivity contribution < 1.29 is 17.9 Å². The number of hydrogen-bond acceptors (Lipinski definition) is 4. The maximum Gasteiger partial charge on any atom is 0.337 e. The first-order valence-electron chi connectivity index (χ1n) is 9.39. The SMILES string of the molecule is COC(=O)c1cccc(/C=C2\C(c3ccccc3)=Cc3cc(S(C)(=O)=O)ccc32)c1. The summed E-state index contributed by atoms with van der Waals surface area (Å²) >= 11 is 0. The first kappa shape index (κ1) is 19.9. The number of esters is 1. The van der Waals surface area contributed by atoms with Crippen molar-refractivity contribution in [2.75, 3.05) is 13.4 Å². The number of ether oxygens (including phenoxy) is 1. The zero-order chi connectivity index (χ0) is 21.3. The highest BCUT2D eigenvalue weighted by Gasteiger charge is 2.22. The van der Waals surface area contributed by atoms with Crippen LogP contribution in [0.1, 0.15) is 32.6 Å². The van der Waals surface area contributed by atoms with Crippen LogP contribution in [0.15, 0.2) is 77.7 Å². The molecular formula is C25H20O4S. The van der Waals surface area contributed by atoms with Gasteiger partial charge in [-0.05, 0) is 69.8 Å². The number of hydrogen-bond donors (Lipinski definition) is 0. The molecule has 0 unspecified atom stereocenters. The molecule has 0 fully saturated rings. The van der Waals surface area contributed by atoms with E-state index in [1.54, 1.807) is 24.3 Å². The van der Waals surface area contributed by atoms with Crippen molar-refractivity contribution in [1.82, 2.24) is 0 Å². The van der Waals surface area contributed by atoms with Gasteiger partial charge in [-0.15, -0.1) is 0 Å². The Hall–Kier alpha value is -3.44. The second-order valence-electron chi connectivity index (χ2n) is 7.12. The average Bonchev–Trinajstić information content (AvgIpc) is 3.11. The number of benzene rings is 3. The molecule has 0 radical (unpaired) electrons. The molecule has 1 aliphatic carbocycles. The van der Waals surface area contributed by atoms with Gasteiger partial charge in [-0.1, -0.05) is 48.5 Å². The van der Waals surface area contributed by atoms with Crippen molar-refractivity contribution in [2.24, 2.45) is 0 Å². The van der Waals surface area contributed by atoms with Crippen molar-refractivity contribution in [3.05, 3.63) is 101 Å². The number of carbonyl (C=O) groups excluding carboxylic acids is 1. The van der Waals surface area contributed by atoms with Crippen LogP contribution in [-0.4, -0.2) is 27.8 Å². The number of allylic oxidation sites excluding steroid dienone is 2. The number of sulfone groups is 1. The molecule has 0 saturated carbocycles. The van der Waals surface area contributed by atoms with Gasteiger partial charge >= 0.3 is 5.97 Å². The zero-order valence-corrected chi connectivity index (χ0v) is 17.4. The third-order valence-corrected chi connectivity index (χ3v) is 6.15. The molecule has 0 bridgehead atoms. The van der Waals surface area contributed by atoms with E-state index in [2.05, 4.69) is 0 Å². The first-order valence-corrected chi connectivity index (χ1v) is 11.3. The normalized spacial score (nSPS) is 14.3. The maximum atomic E-state index is 12.0. The van der Waals surface area contributed by atoms with Crippen LogP contribution in [0.25, 0.3) is 23.3 Å². The summed E-state index contributed by atoms with van der Waals surface area (Å²) in [6.45, 7) is 0. The Balaban J connectivity index is 1.88. The molecule has 30 heavy (non-hydrogen) atoms. The summed E-state index contributed by atoms with van der Waals surface area (Å²) in [6.07, 6.45) is 5.23. The van der Waals surface area contributed by atoms with Gasteiger partial charge in [-0.3, -0.25) is 0 Å². The Kier molecular flexibility index (Phi) is 5.14. The van der Waals surface area contributed by atoms with E-state index in [-0.39, 0.29) is 0 Å². The number of methoxy groups -OCH3 is 1. The Bertz CT molecular complexity index is 1300. The number of fused-ring (bicyclic) bond motifs is 1. The molecule has 0 heterocycles. The molecule has 0 N–H and O–H groups in total. The van der Waals surface area contributed by atoms with E-state index >= 15 is 0 Å². The van der Waals surface area contributed by atoms with Crippen molar-refractivity contribution in [2.45, 2.75) is 4.90 Å². The van der Waals surface area contributed by atoms with E-state index in [4.69, 9.17) is 4.74 Å². The van der Waals surface area contributed by atoms with Crippen LogP contribution in [0.4, 0.5) is 0 Å². The fraction of sp³-hybridized carbons (Fsp3) is 0.0800. The van der Waals surface area contributed by atoms with Crippen LogP contribution >= 0.6 is 0 Å². The van der Waals surface area contributed by atoms with Gasteiger partial charge < -0.3 is 4.74 Å². The second-order valence-corrected chi connectivity index (χ2v) is 9.14. The third kappa shape index (κ3) is 3.84. The van der Waals surface area contributed by atoms with Crippen LogP contribution in [-0.2, 0) is 14.6 Å². The van der Waals surface area contributed by atoms with E-state index in [9.17, 15) is 13.2 Å². The van der Waals surface area contributed by atoms with Crippen LogP contribution < -0.4 is 0 Å². The molecule has 0 amide bonds. The molecule has 3 aromatic rings. The molecule has 4 rings (SSSR count). The second kappa shape index (κ2) is 7.76. The van der Waals surface area contributed by atoms with E-state index < -0.39 is 15.8 Å². The molecule has 0 saturated heterocycles. The highest BCUT2D eigenvalue weighted by atomic mass is 32.2. The molecular weight excluding hydrogens is 396 g/mol. The van der Waals surface area contributed by atoms with Crippen molar-refractivity contribution in [1.29, 1.82) is 0 Å². The molecule has 4 nitrogen and oxygen atoms in total. The Morgan fingerprint density at radius 3 is 2.40 bits per heavy atom. The van der Waals surface area contributed by atoms with Crippen molar-refractivity contribution >= 4 is 39.1 Å². The zero-order valence-electron chi connectivity index (χ0n) is 16.6. The topological polar surface area (TPSA) is 60.4 Å². The fourth-order valence-corrected chi connectivity index (χ4v) is 4.22. The maximum absolute atomic E-state index is 12.0. The summed E-state index contributed by atoms with van der Waals surface area (Å²) in [4.78, 5) is 12.2. The quantitative estimate of drug-likeness (QED) is 0.564. The Morgan fingerprint density at radius 2 is 1.70 bits per heavy atom. The van der Waals surface area contributed by atoms with Crippen molar-refractivity contribution in [3.8, 4) is 0 Å². The average molecular weight is 416 g/mol. The summed E-state index contributed by atoms with van der Waals surface area (Å²) < 4.78 is 28.8. The van der Waals surface area contributed by atoms with E-state index in [0.29, 0.717) is 10.5 Å². The van der Waals surface area contributed by atoms with Gasteiger partial charge in [0.15, 0.2) is 9.84 Å². The standard InChI is InChI=1S/C25H20O4S/c1-29-25(26)19-10-6-7-17(13-19)14-24-22-12-11-21(30(2,27)28)15-20(22)16-23(24)18-8-4-3-5-9-18/h3-16H,1-2H3/b24-14-. The number of carbonyl (C=O) groups is 1. The summed E-state index contributed by atoms with van der Waals surface area (Å²) in [6, 6.07) is 22.3. The molecule has 0 spiro atoms. The first-order chi connectivity index (χ1) is 14.4. The van der Waals surface area contributed by atoms with Crippen LogP contribution in [0.2, 0.25) is 0 Å². The number of rotatable bonds is 4. The van der Waals surface area contributed by atoms with Gasteiger partial charge in [0.2, 0.25) is 0 Å². The minimum absolute atomic E-state index is 0.291. The fourth-order valence-electron chi connectivity index (χ4n) is 3.57. The van der Waals surface area contributed by atoms with E-state index in [1.165, 1.54) is 13.4 Å². The minimum atomic E-state index is -3.30. The van der Waals surface area contributed by atoms with E-state index in [0.717, 1.165) is 33.4 Å². The summed E-state index contributed by atoms with van der Waals surface area (Å²) in [5.74, 6) is -0.390. The summed E-state index contributed by atoms with van der Waals surface area (Å²) in [5.41, 5.74) is 6.14. The molecule has 0 aromatic heterocycles. The predicted molar refractivity (Wildman–Crippen MR) is 120 cm³/mol. The van der Waals surface area contributed by atoms with Crippen LogP contribution in [0, 0.1) is 0 Å². The van der Waals surface area contributed by atoms with Gasteiger partial charge in [-0.25, -0.2) is 13.2 Å². The van der Waals surface area contributed by atoms with Gasteiger partial charge in [-0.2, -0.15) is 0 Å². The smallest absolute Gasteiger partial charge is 0.337 e. The van der Waals surface area contributed by atoms with Crippen LogP contribution in [0.3, 0.4) is 0 Å². The van der Waals surface area contributed by atoms with Gasteiger partial charge in [0, 0.05) is 6.26 Å². The van der Waals surface area contributed by atoms with Crippen LogP contribution in [0.5, 0.6) is 0 Å². The third-order valence-electron chi connectivity index (χ3n) is 5.03. The molecule has 1 aliphatic rings. The lowest BCUT2D eigenvalue weighted by molar-refractivity contribution is 0.0600. The predicted octanol–water partition coefficient (Wildman–Crippen LogP) is 4.97. The molecule has 150 valence electrons. The van der Waals surface area contributed by atoms with Gasteiger partial charge in [0.05, 0.1) is 17.6 Å². The Labute approximate surface area is 176 Å². The highest BCUT2D eigenvalue weighted by molar-refractivity contribution is 7.90. The lowest BCUT2D eigenvalue weighted by atomic mass is 9.95. The minimum Gasteiger partial charge on any atom is -0.465 e. The lowest BCUT2D eigenvalue weighted by Gasteiger charge is -2.10. The van der Waals surface area contributed by atoms with Gasteiger partial charge in [0.25, 0.3) is 0 Å². The Morgan fingerprint density at radius 1 is 0.933 bits per heavy atom. The van der Waals surface area contributed by atoms with Gasteiger partial charge in [0.1, 0.15) is 0 Å². The van der Waals surface area contributed by atoms with E-state index in [1.807, 2.05) is 60.7 Å². The molecule has 5 heteroatoms. The lowest BCUT2D eigenvalue weighted by Crippen LogP contribution is -2.00. The summed E-state index contributed by atoms with van der Waals surface area (Å²) in [5, 5.41) is 0. The molecule has 0 atom stereocenters. The van der Waals surface area contributed by atoms with Crippen molar-refractivity contribution in [3.63, 3.8) is 0 Å². The largest absolute Gasteiger partial charge is 0.465 e.